The van der Waals surface area contributed by atoms with Crippen LogP contribution < -0.4 is 5.32 Å². The Bertz CT molecular complexity index is 352. The Balaban J connectivity index is 2.31. The molecule has 2 rings (SSSR count). The first kappa shape index (κ1) is 10.5. The molecule has 0 saturated carbocycles. The minimum atomic E-state index is -0.631. The predicted molar refractivity (Wildman–Crippen MR) is 63.3 cm³/mol. The fourth-order valence-corrected chi connectivity index (χ4v) is 2.19. The minimum Gasteiger partial charge on any atom is -0.390 e. The van der Waals surface area contributed by atoms with Crippen molar-refractivity contribution in [1.29, 1.82) is 0 Å². The molecule has 15 heavy (non-hydrogen) atoms. The summed E-state index contributed by atoms with van der Waals surface area (Å²) in [6, 6.07) is 6.37. The van der Waals surface area contributed by atoms with E-state index in [-0.39, 0.29) is 0 Å². The van der Waals surface area contributed by atoms with Crippen molar-refractivity contribution in [2.75, 3.05) is 11.9 Å². The van der Waals surface area contributed by atoms with Crippen LogP contribution in [0.15, 0.2) is 18.2 Å². The van der Waals surface area contributed by atoms with Crippen LogP contribution in [0.25, 0.3) is 0 Å². The number of aliphatic hydroxyl groups is 1. The van der Waals surface area contributed by atoms with Crippen LogP contribution in [0.4, 0.5) is 5.69 Å². The molecule has 2 heteroatoms. The van der Waals surface area contributed by atoms with Crippen LogP contribution in [-0.4, -0.2) is 17.3 Å². The maximum atomic E-state index is 9.84. The first-order valence-corrected chi connectivity index (χ1v) is 5.63. The van der Waals surface area contributed by atoms with E-state index >= 15 is 0 Å². The second-order valence-corrected chi connectivity index (χ2v) is 4.97. The van der Waals surface area contributed by atoms with E-state index in [1.54, 1.807) is 0 Å². The van der Waals surface area contributed by atoms with E-state index in [1.165, 1.54) is 23.2 Å². The van der Waals surface area contributed by atoms with Gasteiger partial charge in [-0.15, -0.1) is 0 Å². The maximum Gasteiger partial charge on any atom is 0.0632 e. The zero-order chi connectivity index (χ0) is 10.9. The van der Waals surface area contributed by atoms with Crippen LogP contribution in [0.5, 0.6) is 0 Å². The van der Waals surface area contributed by atoms with E-state index in [0.29, 0.717) is 6.42 Å². The van der Waals surface area contributed by atoms with Crippen LogP contribution in [-0.2, 0) is 12.8 Å². The van der Waals surface area contributed by atoms with Crippen LogP contribution in [0.1, 0.15) is 31.4 Å². The molecule has 82 valence electrons. The highest BCUT2D eigenvalue weighted by Gasteiger charge is 2.18. The standard InChI is InChI=1S/C13H19NO/c1-13(2,15)9-11-6-3-5-10-7-4-8-14-12(10)11/h3,5-6,14-15H,4,7-9H2,1-2H3. The van der Waals surface area contributed by atoms with Gasteiger partial charge in [-0.25, -0.2) is 0 Å². The van der Waals surface area contributed by atoms with Crippen LogP contribution in [0.3, 0.4) is 0 Å². The van der Waals surface area contributed by atoms with Crippen LogP contribution >= 0.6 is 0 Å². The second kappa shape index (κ2) is 3.86. The molecule has 0 spiro atoms. The second-order valence-electron chi connectivity index (χ2n) is 4.97. The van der Waals surface area contributed by atoms with E-state index in [9.17, 15) is 5.11 Å². The summed E-state index contributed by atoms with van der Waals surface area (Å²) in [6.07, 6.45) is 3.07. The number of hydrogen-bond donors (Lipinski definition) is 2. The summed E-state index contributed by atoms with van der Waals surface area (Å²) in [7, 11) is 0. The monoisotopic (exact) mass is 205 g/mol. The van der Waals surface area contributed by atoms with Crippen molar-refractivity contribution >= 4 is 5.69 Å². The Hall–Kier alpha value is -1.02. The zero-order valence-electron chi connectivity index (χ0n) is 9.51. The third-order valence-corrected chi connectivity index (χ3v) is 2.78. The lowest BCUT2D eigenvalue weighted by molar-refractivity contribution is 0.0811. The Morgan fingerprint density at radius 1 is 1.40 bits per heavy atom. The molecule has 0 fully saturated rings. The molecule has 0 amide bonds. The third kappa shape index (κ3) is 2.51. The number of hydrogen-bond acceptors (Lipinski definition) is 2. The van der Waals surface area contributed by atoms with Crippen molar-refractivity contribution in [3.05, 3.63) is 29.3 Å². The van der Waals surface area contributed by atoms with Crippen molar-refractivity contribution in [3.63, 3.8) is 0 Å². The molecule has 2 nitrogen and oxygen atoms in total. The summed E-state index contributed by atoms with van der Waals surface area (Å²) in [4.78, 5) is 0. The van der Waals surface area contributed by atoms with Crippen molar-refractivity contribution in [2.45, 2.75) is 38.7 Å². The van der Waals surface area contributed by atoms with Crippen molar-refractivity contribution in [1.82, 2.24) is 0 Å². The molecule has 0 aliphatic carbocycles. The van der Waals surface area contributed by atoms with E-state index in [2.05, 4.69) is 23.5 Å². The van der Waals surface area contributed by atoms with Crippen molar-refractivity contribution in [2.24, 2.45) is 0 Å². The summed E-state index contributed by atoms with van der Waals surface area (Å²) in [5.41, 5.74) is 3.25. The smallest absolute Gasteiger partial charge is 0.0632 e. The largest absolute Gasteiger partial charge is 0.390 e. The fourth-order valence-electron chi connectivity index (χ4n) is 2.19. The number of nitrogens with one attached hydrogen (secondary N) is 1. The molecule has 0 atom stereocenters. The Morgan fingerprint density at radius 3 is 2.93 bits per heavy atom. The van der Waals surface area contributed by atoms with Gasteiger partial charge in [0, 0.05) is 18.7 Å². The number of para-hydroxylation sites is 1. The molecule has 1 aromatic rings. The lowest BCUT2D eigenvalue weighted by Crippen LogP contribution is -2.24. The molecule has 2 N–H and O–H groups in total. The van der Waals surface area contributed by atoms with Gasteiger partial charge in [-0.05, 0) is 37.8 Å². The van der Waals surface area contributed by atoms with E-state index in [0.717, 1.165) is 13.0 Å². The molecular formula is C13H19NO. The summed E-state index contributed by atoms with van der Waals surface area (Å²) in [5.74, 6) is 0. The summed E-state index contributed by atoms with van der Waals surface area (Å²) < 4.78 is 0. The lowest BCUT2D eigenvalue weighted by Gasteiger charge is -2.24. The van der Waals surface area contributed by atoms with Gasteiger partial charge in [0.25, 0.3) is 0 Å². The molecule has 1 heterocycles. The molecular weight excluding hydrogens is 186 g/mol. The van der Waals surface area contributed by atoms with Crippen LogP contribution in [0, 0.1) is 0 Å². The molecule has 1 aliphatic rings. The summed E-state index contributed by atoms with van der Waals surface area (Å²) in [5, 5.41) is 13.3. The average Bonchev–Trinajstić information content (AvgIpc) is 2.16. The fraction of sp³-hybridized carbons (Fsp3) is 0.538. The quantitative estimate of drug-likeness (QED) is 0.777. The van der Waals surface area contributed by atoms with Gasteiger partial charge in [0.2, 0.25) is 0 Å². The van der Waals surface area contributed by atoms with Gasteiger partial charge in [-0.3, -0.25) is 0 Å². The molecule has 1 aliphatic heterocycles. The van der Waals surface area contributed by atoms with E-state index < -0.39 is 5.60 Å². The molecule has 0 unspecified atom stereocenters. The molecule has 0 saturated heterocycles. The molecule has 0 radical (unpaired) electrons. The number of aryl methyl sites for hydroxylation is 1. The number of rotatable bonds is 2. The molecule has 1 aromatic carbocycles. The van der Waals surface area contributed by atoms with Gasteiger partial charge in [-0.2, -0.15) is 0 Å². The number of benzene rings is 1. The third-order valence-electron chi connectivity index (χ3n) is 2.78. The minimum absolute atomic E-state index is 0.631. The van der Waals surface area contributed by atoms with Crippen molar-refractivity contribution < 1.29 is 5.11 Å². The van der Waals surface area contributed by atoms with Gasteiger partial charge in [-0.1, -0.05) is 18.2 Å². The highest BCUT2D eigenvalue weighted by Crippen LogP contribution is 2.28. The lowest BCUT2D eigenvalue weighted by atomic mass is 9.92. The van der Waals surface area contributed by atoms with E-state index in [1.807, 2.05) is 13.8 Å². The maximum absolute atomic E-state index is 9.84. The topological polar surface area (TPSA) is 32.3 Å². The first-order chi connectivity index (χ1) is 7.06. The highest BCUT2D eigenvalue weighted by molar-refractivity contribution is 5.59. The summed E-state index contributed by atoms with van der Waals surface area (Å²) >= 11 is 0. The van der Waals surface area contributed by atoms with Gasteiger partial charge in [0.05, 0.1) is 5.60 Å². The van der Waals surface area contributed by atoms with Gasteiger partial charge >= 0.3 is 0 Å². The normalized spacial score (nSPS) is 15.7. The SMILES string of the molecule is CC(C)(O)Cc1cccc2c1NCCC2. The molecule has 0 aromatic heterocycles. The Morgan fingerprint density at radius 2 is 2.20 bits per heavy atom. The number of fused-ring (bicyclic) bond motifs is 1. The summed E-state index contributed by atoms with van der Waals surface area (Å²) in [6.45, 7) is 4.76. The average molecular weight is 205 g/mol. The highest BCUT2D eigenvalue weighted by atomic mass is 16.3. The van der Waals surface area contributed by atoms with Gasteiger partial charge in [0.15, 0.2) is 0 Å². The Labute approximate surface area is 91.3 Å². The Kier molecular flexibility index (Phi) is 2.70. The van der Waals surface area contributed by atoms with E-state index in [4.69, 9.17) is 0 Å². The first-order valence-electron chi connectivity index (χ1n) is 5.63. The molecule has 0 bridgehead atoms. The van der Waals surface area contributed by atoms with Gasteiger partial charge < -0.3 is 10.4 Å². The number of anilines is 1. The van der Waals surface area contributed by atoms with Gasteiger partial charge in [0.1, 0.15) is 0 Å². The zero-order valence-corrected chi connectivity index (χ0v) is 9.51. The van der Waals surface area contributed by atoms with Crippen molar-refractivity contribution in [3.8, 4) is 0 Å². The van der Waals surface area contributed by atoms with Crippen LogP contribution in [0.2, 0.25) is 0 Å². The predicted octanol–water partition coefficient (Wildman–Crippen LogP) is 2.36.